The summed E-state index contributed by atoms with van der Waals surface area (Å²) < 4.78 is 9.95. The van der Waals surface area contributed by atoms with Gasteiger partial charge in [0, 0.05) is 13.3 Å². The number of ether oxygens (including phenoxy) is 2. The summed E-state index contributed by atoms with van der Waals surface area (Å²) in [5.41, 5.74) is -0.237. The maximum Gasteiger partial charge on any atom is 0.348 e. The van der Waals surface area contributed by atoms with Gasteiger partial charge in [0.25, 0.3) is 5.79 Å². The Balaban J connectivity index is 2.69. The maximum absolute atomic E-state index is 11.2. The van der Waals surface area contributed by atoms with Gasteiger partial charge in [-0.05, 0) is 6.42 Å². The summed E-state index contributed by atoms with van der Waals surface area (Å²) in [6, 6.07) is 0. The van der Waals surface area contributed by atoms with E-state index in [9.17, 15) is 9.59 Å². The second-order valence-electron chi connectivity index (χ2n) is 3.49. The molecule has 0 bridgehead atoms. The molecule has 0 unspecified atom stereocenters. The lowest BCUT2D eigenvalue weighted by molar-refractivity contribution is -0.231. The van der Waals surface area contributed by atoms with Crippen LogP contribution in [0.5, 0.6) is 0 Å². The summed E-state index contributed by atoms with van der Waals surface area (Å²) in [5.74, 6) is -2.47. The molecule has 0 spiro atoms. The molecule has 4 heteroatoms. The minimum absolute atomic E-state index is 0.237. The Morgan fingerprint density at radius 3 is 2.21 bits per heavy atom. The largest absolute Gasteiger partial charge is 0.419 e. The van der Waals surface area contributed by atoms with Crippen LogP contribution in [0.3, 0.4) is 0 Å². The summed E-state index contributed by atoms with van der Waals surface area (Å²) in [7, 11) is 0. The highest BCUT2D eigenvalue weighted by Gasteiger charge is 2.40. The molecule has 0 amide bonds. The number of rotatable bonds is 3. The van der Waals surface area contributed by atoms with E-state index in [1.54, 1.807) is 6.92 Å². The molecule has 0 saturated carbocycles. The van der Waals surface area contributed by atoms with Crippen molar-refractivity contribution in [1.82, 2.24) is 0 Å². The Hall–Kier alpha value is -1.32. The van der Waals surface area contributed by atoms with Crippen molar-refractivity contribution in [3.05, 3.63) is 12.2 Å². The Labute approximate surface area is 82.9 Å². The van der Waals surface area contributed by atoms with Gasteiger partial charge in [0.15, 0.2) is 0 Å². The number of hydrogen-bond acceptors (Lipinski definition) is 4. The third kappa shape index (κ3) is 2.13. The standard InChI is InChI=1S/C10H14O4/c1-4-5-6-10(3)13-8(11)7(2)9(12)14-10/h2,4-6H2,1,3H3. The van der Waals surface area contributed by atoms with Gasteiger partial charge < -0.3 is 9.47 Å². The fourth-order valence-electron chi connectivity index (χ4n) is 1.22. The number of carbonyl (C=O) groups is 2. The van der Waals surface area contributed by atoms with Crippen LogP contribution in [-0.2, 0) is 19.1 Å². The predicted molar refractivity (Wildman–Crippen MR) is 49.3 cm³/mol. The average Bonchev–Trinajstić information content (AvgIpc) is 2.11. The summed E-state index contributed by atoms with van der Waals surface area (Å²) in [4.78, 5) is 22.3. The van der Waals surface area contributed by atoms with Crippen LogP contribution >= 0.6 is 0 Å². The highest BCUT2D eigenvalue weighted by atomic mass is 16.7. The number of carbonyl (C=O) groups excluding carboxylic acids is 2. The lowest BCUT2D eigenvalue weighted by atomic mass is 10.1. The molecular weight excluding hydrogens is 184 g/mol. The molecule has 1 rings (SSSR count). The average molecular weight is 198 g/mol. The van der Waals surface area contributed by atoms with Gasteiger partial charge in [0.05, 0.1) is 0 Å². The van der Waals surface area contributed by atoms with Gasteiger partial charge >= 0.3 is 11.9 Å². The summed E-state index contributed by atoms with van der Waals surface area (Å²) >= 11 is 0. The molecule has 1 heterocycles. The van der Waals surface area contributed by atoms with Gasteiger partial charge in [0.1, 0.15) is 5.57 Å². The predicted octanol–water partition coefficient (Wildman–Crippen LogP) is 1.55. The molecule has 1 aliphatic heterocycles. The third-order valence-electron chi connectivity index (χ3n) is 2.09. The van der Waals surface area contributed by atoms with Crippen molar-refractivity contribution in [2.45, 2.75) is 38.9 Å². The molecule has 0 aromatic carbocycles. The monoisotopic (exact) mass is 198 g/mol. The van der Waals surface area contributed by atoms with Crippen molar-refractivity contribution in [2.24, 2.45) is 0 Å². The van der Waals surface area contributed by atoms with Crippen LogP contribution in [0, 0.1) is 0 Å². The first-order chi connectivity index (χ1) is 6.48. The first-order valence-corrected chi connectivity index (χ1v) is 4.64. The fourth-order valence-corrected chi connectivity index (χ4v) is 1.22. The Morgan fingerprint density at radius 1 is 1.29 bits per heavy atom. The van der Waals surface area contributed by atoms with Gasteiger partial charge in [-0.3, -0.25) is 0 Å². The SMILES string of the molecule is C=C1C(=O)OC(C)(CCCC)OC1=O. The van der Waals surface area contributed by atoms with E-state index in [-0.39, 0.29) is 5.57 Å². The minimum atomic E-state index is -1.11. The topological polar surface area (TPSA) is 52.6 Å². The first-order valence-electron chi connectivity index (χ1n) is 4.64. The van der Waals surface area contributed by atoms with Gasteiger partial charge in [-0.2, -0.15) is 0 Å². The molecule has 78 valence electrons. The van der Waals surface area contributed by atoms with Crippen molar-refractivity contribution in [1.29, 1.82) is 0 Å². The van der Waals surface area contributed by atoms with Crippen LogP contribution in [0.2, 0.25) is 0 Å². The van der Waals surface area contributed by atoms with Crippen molar-refractivity contribution in [3.63, 3.8) is 0 Å². The van der Waals surface area contributed by atoms with Crippen LogP contribution in [0.1, 0.15) is 33.1 Å². The summed E-state index contributed by atoms with van der Waals surface area (Å²) in [6.45, 7) is 6.87. The smallest absolute Gasteiger partial charge is 0.348 e. The van der Waals surface area contributed by atoms with Crippen LogP contribution in [0.25, 0.3) is 0 Å². The Morgan fingerprint density at radius 2 is 1.79 bits per heavy atom. The highest BCUT2D eigenvalue weighted by Crippen LogP contribution is 2.27. The maximum atomic E-state index is 11.2. The molecule has 0 aliphatic carbocycles. The van der Waals surface area contributed by atoms with E-state index < -0.39 is 17.7 Å². The van der Waals surface area contributed by atoms with E-state index in [1.165, 1.54) is 0 Å². The second kappa shape index (κ2) is 3.82. The van der Waals surface area contributed by atoms with Crippen molar-refractivity contribution in [2.75, 3.05) is 0 Å². The van der Waals surface area contributed by atoms with E-state index >= 15 is 0 Å². The van der Waals surface area contributed by atoms with Crippen LogP contribution in [-0.4, -0.2) is 17.7 Å². The fraction of sp³-hybridized carbons (Fsp3) is 0.600. The normalized spacial score (nSPS) is 20.3. The molecule has 4 nitrogen and oxygen atoms in total. The summed E-state index contributed by atoms with van der Waals surface area (Å²) in [6.07, 6.45) is 2.31. The van der Waals surface area contributed by atoms with E-state index in [4.69, 9.17) is 9.47 Å². The number of cyclic esters (lactones) is 2. The van der Waals surface area contributed by atoms with Crippen LogP contribution in [0.4, 0.5) is 0 Å². The number of esters is 2. The molecule has 1 fully saturated rings. The molecule has 0 aromatic rings. The molecule has 14 heavy (non-hydrogen) atoms. The van der Waals surface area contributed by atoms with Gasteiger partial charge in [-0.15, -0.1) is 0 Å². The molecule has 0 radical (unpaired) electrons. The third-order valence-corrected chi connectivity index (χ3v) is 2.09. The Kier molecular flexibility index (Phi) is 2.93. The molecule has 0 atom stereocenters. The molecule has 1 aliphatic rings. The zero-order valence-corrected chi connectivity index (χ0v) is 8.46. The van der Waals surface area contributed by atoms with Gasteiger partial charge in [-0.25, -0.2) is 9.59 Å². The molecule has 0 aromatic heterocycles. The van der Waals surface area contributed by atoms with E-state index in [2.05, 4.69) is 6.58 Å². The van der Waals surface area contributed by atoms with E-state index in [0.29, 0.717) is 6.42 Å². The second-order valence-corrected chi connectivity index (χ2v) is 3.49. The lowest BCUT2D eigenvalue weighted by Crippen LogP contribution is -2.43. The van der Waals surface area contributed by atoms with Gasteiger partial charge in [-0.1, -0.05) is 19.9 Å². The van der Waals surface area contributed by atoms with Crippen molar-refractivity contribution < 1.29 is 19.1 Å². The number of hydrogen-bond donors (Lipinski definition) is 0. The van der Waals surface area contributed by atoms with Gasteiger partial charge in [0.2, 0.25) is 0 Å². The zero-order valence-electron chi connectivity index (χ0n) is 8.46. The minimum Gasteiger partial charge on any atom is -0.419 e. The molecule has 1 saturated heterocycles. The van der Waals surface area contributed by atoms with Crippen LogP contribution in [0.15, 0.2) is 12.2 Å². The summed E-state index contributed by atoms with van der Waals surface area (Å²) in [5, 5.41) is 0. The highest BCUT2D eigenvalue weighted by molar-refractivity contribution is 6.14. The lowest BCUT2D eigenvalue weighted by Gasteiger charge is -2.32. The number of unbranched alkanes of at least 4 members (excludes halogenated alkanes) is 1. The first kappa shape index (κ1) is 10.8. The van der Waals surface area contributed by atoms with E-state index in [1.807, 2.05) is 6.92 Å². The quantitative estimate of drug-likeness (QED) is 0.392. The zero-order chi connectivity index (χ0) is 10.8. The molecular formula is C10H14O4. The van der Waals surface area contributed by atoms with Crippen molar-refractivity contribution in [3.8, 4) is 0 Å². The Bertz CT molecular complexity index is 260. The molecule has 0 N–H and O–H groups in total. The van der Waals surface area contributed by atoms with E-state index in [0.717, 1.165) is 12.8 Å². The van der Waals surface area contributed by atoms with Crippen LogP contribution < -0.4 is 0 Å². The van der Waals surface area contributed by atoms with Crippen molar-refractivity contribution >= 4 is 11.9 Å².